The van der Waals surface area contributed by atoms with Gasteiger partial charge in [-0.1, -0.05) is 0 Å². The van der Waals surface area contributed by atoms with Crippen LogP contribution < -0.4 is 0 Å². The van der Waals surface area contributed by atoms with Gasteiger partial charge in [-0.05, 0) is 51.7 Å². The van der Waals surface area contributed by atoms with E-state index in [-0.39, 0.29) is 6.54 Å². The molecule has 0 aromatic carbocycles. The maximum Gasteiger partial charge on any atom is 0.410 e. The first-order chi connectivity index (χ1) is 10.2. The summed E-state index contributed by atoms with van der Waals surface area (Å²) in [5, 5.41) is 9.71. The molecule has 1 atom stereocenters. The van der Waals surface area contributed by atoms with Gasteiger partial charge in [-0.15, -0.1) is 0 Å². The highest BCUT2D eigenvalue weighted by Gasteiger charge is 2.44. The number of nitrogens with zero attached hydrogens (tertiary/aromatic N) is 1. The molecule has 1 amide bonds. The Morgan fingerprint density at radius 3 is 2.73 bits per heavy atom. The van der Waals surface area contributed by atoms with E-state index in [1.54, 1.807) is 33.1 Å². The van der Waals surface area contributed by atoms with Crippen molar-refractivity contribution in [3.63, 3.8) is 0 Å². The first-order valence-electron chi connectivity index (χ1n) is 7.44. The zero-order valence-corrected chi connectivity index (χ0v) is 13.3. The molecule has 2 rings (SSSR count). The Morgan fingerprint density at radius 1 is 1.45 bits per heavy atom. The van der Waals surface area contributed by atoms with Gasteiger partial charge in [0.2, 0.25) is 0 Å². The maximum absolute atomic E-state index is 12.2. The Hall–Kier alpha value is -1.98. The molecule has 2 heterocycles. The van der Waals surface area contributed by atoms with Gasteiger partial charge >= 0.3 is 12.1 Å². The molecule has 0 saturated carbocycles. The second-order valence-electron chi connectivity index (χ2n) is 6.90. The minimum atomic E-state index is -0.987. The van der Waals surface area contributed by atoms with Crippen molar-refractivity contribution in [2.45, 2.75) is 45.6 Å². The molecule has 0 aliphatic carbocycles. The number of carbonyl (C=O) groups excluding carboxylic acids is 1. The number of rotatable bonds is 3. The number of carboxylic acids is 1. The summed E-state index contributed by atoms with van der Waals surface area (Å²) >= 11 is 0. The molecule has 6 nitrogen and oxygen atoms in total. The molecule has 22 heavy (non-hydrogen) atoms. The summed E-state index contributed by atoms with van der Waals surface area (Å²) in [6.07, 6.45) is 4.15. The van der Waals surface area contributed by atoms with Crippen LogP contribution in [0.2, 0.25) is 0 Å². The third-order valence-electron chi connectivity index (χ3n) is 3.80. The van der Waals surface area contributed by atoms with Crippen molar-refractivity contribution in [2.24, 2.45) is 5.41 Å². The lowest BCUT2D eigenvalue weighted by atomic mass is 9.75. The van der Waals surface area contributed by atoms with Crippen LogP contribution in [0.4, 0.5) is 4.79 Å². The molecule has 1 saturated heterocycles. The lowest BCUT2D eigenvalue weighted by molar-refractivity contribution is -0.152. The van der Waals surface area contributed by atoms with E-state index in [1.807, 2.05) is 0 Å². The van der Waals surface area contributed by atoms with Gasteiger partial charge < -0.3 is 19.2 Å². The van der Waals surface area contributed by atoms with E-state index < -0.39 is 23.1 Å². The van der Waals surface area contributed by atoms with E-state index in [2.05, 4.69) is 0 Å². The smallest absolute Gasteiger partial charge is 0.410 e. The normalized spacial score (nSPS) is 22.4. The molecule has 122 valence electrons. The highest BCUT2D eigenvalue weighted by Crippen LogP contribution is 2.35. The van der Waals surface area contributed by atoms with E-state index in [0.29, 0.717) is 25.8 Å². The quantitative estimate of drug-likeness (QED) is 0.928. The Morgan fingerprint density at radius 2 is 2.18 bits per heavy atom. The summed E-state index contributed by atoms with van der Waals surface area (Å²) in [6.45, 7) is 6.07. The van der Waals surface area contributed by atoms with Crippen molar-refractivity contribution in [2.75, 3.05) is 13.1 Å². The number of hydrogen-bond donors (Lipinski definition) is 1. The number of aliphatic carboxylic acids is 1. The molecule has 1 aromatic heterocycles. The van der Waals surface area contributed by atoms with Crippen LogP contribution in [0.15, 0.2) is 23.0 Å². The van der Waals surface area contributed by atoms with Gasteiger partial charge in [-0.3, -0.25) is 4.79 Å². The van der Waals surface area contributed by atoms with Gasteiger partial charge in [0.25, 0.3) is 0 Å². The predicted octanol–water partition coefficient (Wildman–Crippen LogP) is 2.92. The first-order valence-corrected chi connectivity index (χ1v) is 7.44. The number of carbonyl (C=O) groups is 2. The minimum Gasteiger partial charge on any atom is -0.481 e. The van der Waals surface area contributed by atoms with Crippen LogP contribution in [0, 0.1) is 5.41 Å². The van der Waals surface area contributed by atoms with Crippen LogP contribution in [0.1, 0.15) is 39.2 Å². The Balaban J connectivity index is 2.14. The molecule has 1 aromatic rings. The van der Waals surface area contributed by atoms with Gasteiger partial charge in [0.1, 0.15) is 5.60 Å². The van der Waals surface area contributed by atoms with Crippen LogP contribution in [-0.2, 0) is 16.0 Å². The molecule has 1 N–H and O–H groups in total. The van der Waals surface area contributed by atoms with Gasteiger partial charge in [0.05, 0.1) is 17.9 Å². The molecule has 1 fully saturated rings. The average Bonchev–Trinajstić information content (AvgIpc) is 2.89. The topological polar surface area (TPSA) is 80.0 Å². The zero-order valence-electron chi connectivity index (χ0n) is 13.3. The summed E-state index contributed by atoms with van der Waals surface area (Å²) in [4.78, 5) is 25.6. The summed E-state index contributed by atoms with van der Waals surface area (Å²) in [5.41, 5.74) is -0.752. The van der Waals surface area contributed by atoms with Crippen LogP contribution in [0.3, 0.4) is 0 Å². The molecule has 1 unspecified atom stereocenters. The number of hydrogen-bond acceptors (Lipinski definition) is 4. The van der Waals surface area contributed by atoms with E-state index in [4.69, 9.17) is 9.15 Å². The molecule has 0 radical (unpaired) electrons. The van der Waals surface area contributed by atoms with Crippen molar-refractivity contribution in [1.82, 2.24) is 4.90 Å². The molecule has 0 spiro atoms. The second kappa shape index (κ2) is 6.02. The van der Waals surface area contributed by atoms with Gasteiger partial charge in [-0.2, -0.15) is 0 Å². The predicted molar refractivity (Wildman–Crippen MR) is 79.5 cm³/mol. The Kier molecular flexibility index (Phi) is 4.49. The van der Waals surface area contributed by atoms with Crippen LogP contribution in [0.5, 0.6) is 0 Å². The fourth-order valence-electron chi connectivity index (χ4n) is 2.79. The molecule has 0 bridgehead atoms. The highest BCUT2D eigenvalue weighted by atomic mass is 16.6. The van der Waals surface area contributed by atoms with Crippen molar-refractivity contribution in [3.05, 3.63) is 24.2 Å². The molecular weight excluding hydrogens is 286 g/mol. The molecule has 6 heteroatoms. The zero-order chi connectivity index (χ0) is 16.4. The van der Waals surface area contributed by atoms with E-state index in [1.165, 1.54) is 11.2 Å². The number of carboxylic acid groups (broad SMARTS) is 1. The number of furan rings is 1. The number of likely N-dealkylation sites (tertiary alicyclic amines) is 1. The number of piperidine rings is 1. The van der Waals surface area contributed by atoms with Crippen molar-refractivity contribution in [3.8, 4) is 0 Å². The standard InChI is InChI=1S/C16H23NO5/c1-15(2,3)22-14(20)17-7-4-6-16(11-17,13(18)19)9-12-5-8-21-10-12/h5,8,10H,4,6-7,9,11H2,1-3H3,(H,18,19). The van der Waals surface area contributed by atoms with Crippen molar-refractivity contribution >= 4 is 12.1 Å². The molecule has 1 aliphatic rings. The number of ether oxygens (including phenoxy) is 1. The minimum absolute atomic E-state index is 0.155. The van der Waals surface area contributed by atoms with Crippen LogP contribution >= 0.6 is 0 Å². The monoisotopic (exact) mass is 309 g/mol. The Bertz CT molecular complexity index is 531. The number of amides is 1. The van der Waals surface area contributed by atoms with Gasteiger partial charge in [-0.25, -0.2) is 4.79 Å². The SMILES string of the molecule is CC(C)(C)OC(=O)N1CCCC(Cc2ccoc2)(C(=O)O)C1. The maximum atomic E-state index is 12.2. The summed E-state index contributed by atoms with van der Waals surface area (Å²) in [6, 6.07) is 1.76. The fourth-order valence-corrected chi connectivity index (χ4v) is 2.79. The second-order valence-corrected chi connectivity index (χ2v) is 6.90. The lowest BCUT2D eigenvalue weighted by Crippen LogP contribution is -2.52. The molecule has 1 aliphatic heterocycles. The van der Waals surface area contributed by atoms with E-state index in [9.17, 15) is 14.7 Å². The largest absolute Gasteiger partial charge is 0.481 e. The first kappa shape index (κ1) is 16.4. The fraction of sp³-hybridized carbons (Fsp3) is 0.625. The van der Waals surface area contributed by atoms with Crippen LogP contribution in [0.25, 0.3) is 0 Å². The highest BCUT2D eigenvalue weighted by molar-refractivity contribution is 5.77. The summed E-state index contributed by atoms with van der Waals surface area (Å²) in [5.74, 6) is -0.887. The Labute approximate surface area is 130 Å². The third-order valence-corrected chi connectivity index (χ3v) is 3.80. The van der Waals surface area contributed by atoms with Crippen molar-refractivity contribution in [1.29, 1.82) is 0 Å². The third kappa shape index (κ3) is 3.81. The average molecular weight is 309 g/mol. The van der Waals surface area contributed by atoms with E-state index >= 15 is 0 Å². The van der Waals surface area contributed by atoms with Crippen LogP contribution in [-0.4, -0.2) is 40.8 Å². The lowest BCUT2D eigenvalue weighted by Gasteiger charge is -2.40. The van der Waals surface area contributed by atoms with Gasteiger partial charge in [0.15, 0.2) is 0 Å². The summed E-state index contributed by atoms with van der Waals surface area (Å²) < 4.78 is 10.4. The van der Waals surface area contributed by atoms with Crippen molar-refractivity contribution < 1.29 is 23.8 Å². The molecular formula is C16H23NO5. The summed E-state index contributed by atoms with van der Waals surface area (Å²) in [7, 11) is 0. The van der Waals surface area contributed by atoms with Gasteiger partial charge in [0, 0.05) is 13.1 Å². The van der Waals surface area contributed by atoms with E-state index in [0.717, 1.165) is 5.56 Å².